The summed E-state index contributed by atoms with van der Waals surface area (Å²) >= 11 is 0. The Hall–Kier alpha value is -3.60. The van der Waals surface area contributed by atoms with E-state index in [4.69, 9.17) is 5.26 Å². The molecule has 0 N–H and O–H groups in total. The van der Waals surface area contributed by atoms with Crippen molar-refractivity contribution in [1.82, 2.24) is 19.2 Å². The van der Waals surface area contributed by atoms with Crippen LogP contribution >= 0.6 is 0 Å². The Morgan fingerprint density at radius 3 is 2.22 bits per heavy atom. The van der Waals surface area contributed by atoms with Crippen LogP contribution in [0.3, 0.4) is 0 Å². The van der Waals surface area contributed by atoms with E-state index in [-0.39, 0.29) is 5.69 Å². The molecule has 0 amide bonds. The van der Waals surface area contributed by atoms with E-state index in [1.54, 1.807) is 53.2 Å². The molecule has 8 heteroatoms. The number of halogens is 3. The topological polar surface area (TPSA) is 58.9 Å². The van der Waals surface area contributed by atoms with E-state index in [1.807, 2.05) is 0 Å². The van der Waals surface area contributed by atoms with E-state index < -0.39 is 11.9 Å². The lowest BCUT2D eigenvalue weighted by atomic mass is 10.1. The molecule has 5 nitrogen and oxygen atoms in total. The predicted molar refractivity (Wildman–Crippen MR) is 92.5 cm³/mol. The Balaban J connectivity index is 1.68. The Labute approximate surface area is 151 Å². The molecule has 0 fully saturated rings. The van der Waals surface area contributed by atoms with E-state index >= 15 is 0 Å². The summed E-state index contributed by atoms with van der Waals surface area (Å²) in [6.07, 6.45) is -0.959. The highest BCUT2D eigenvalue weighted by Crippen LogP contribution is 2.32. The summed E-state index contributed by atoms with van der Waals surface area (Å²) in [5.41, 5.74) is 2.78. The second kappa shape index (κ2) is 5.99. The third-order valence-corrected chi connectivity index (χ3v) is 4.23. The number of imidazole rings is 1. The van der Waals surface area contributed by atoms with E-state index in [0.29, 0.717) is 22.5 Å². The van der Waals surface area contributed by atoms with Gasteiger partial charge in [-0.2, -0.15) is 23.5 Å². The first kappa shape index (κ1) is 16.8. The number of nitriles is 1. The summed E-state index contributed by atoms with van der Waals surface area (Å²) in [7, 11) is 1.27. The first-order valence-electron chi connectivity index (χ1n) is 7.96. The third kappa shape index (κ3) is 3.04. The lowest BCUT2D eigenvalue weighted by Gasteiger charge is -2.04. The van der Waals surface area contributed by atoms with Crippen LogP contribution in [0.2, 0.25) is 0 Å². The molecule has 0 atom stereocenters. The average molecular weight is 367 g/mol. The molecule has 0 spiro atoms. The van der Waals surface area contributed by atoms with Crippen LogP contribution < -0.4 is 0 Å². The van der Waals surface area contributed by atoms with Crippen LogP contribution in [-0.2, 0) is 13.2 Å². The van der Waals surface area contributed by atoms with Crippen molar-refractivity contribution < 1.29 is 13.2 Å². The fourth-order valence-electron chi connectivity index (χ4n) is 2.88. The van der Waals surface area contributed by atoms with Gasteiger partial charge in [-0.1, -0.05) is 24.3 Å². The van der Waals surface area contributed by atoms with Gasteiger partial charge in [-0.05, 0) is 18.2 Å². The first-order valence-corrected chi connectivity index (χ1v) is 7.96. The highest BCUT2D eigenvalue weighted by atomic mass is 19.4. The molecule has 0 aliphatic rings. The molecular weight excluding hydrogens is 355 g/mol. The van der Waals surface area contributed by atoms with Gasteiger partial charge < -0.3 is 4.40 Å². The van der Waals surface area contributed by atoms with Crippen LogP contribution in [0.15, 0.2) is 54.9 Å². The zero-order chi connectivity index (χ0) is 19.2. The minimum Gasteiger partial charge on any atom is -0.305 e. The molecule has 1 aromatic carbocycles. The summed E-state index contributed by atoms with van der Waals surface area (Å²) in [6, 6.07) is 13.5. The van der Waals surface area contributed by atoms with Gasteiger partial charge >= 0.3 is 6.18 Å². The van der Waals surface area contributed by atoms with Gasteiger partial charge in [0.2, 0.25) is 0 Å². The molecular formula is C19H12F3N5. The quantitative estimate of drug-likeness (QED) is 0.531. The highest BCUT2D eigenvalue weighted by molar-refractivity contribution is 5.68. The fourth-order valence-corrected chi connectivity index (χ4v) is 2.88. The van der Waals surface area contributed by atoms with Gasteiger partial charge in [-0.25, -0.2) is 4.98 Å². The lowest BCUT2D eigenvalue weighted by Crippen LogP contribution is -2.11. The largest absolute Gasteiger partial charge is 0.433 e. The van der Waals surface area contributed by atoms with Crippen molar-refractivity contribution in [2.75, 3.05) is 0 Å². The molecule has 0 saturated heterocycles. The van der Waals surface area contributed by atoms with Gasteiger partial charge in [0.25, 0.3) is 0 Å². The Morgan fingerprint density at radius 2 is 1.63 bits per heavy atom. The number of pyridine rings is 1. The maximum Gasteiger partial charge on any atom is 0.433 e. The van der Waals surface area contributed by atoms with Crippen molar-refractivity contribution in [3.63, 3.8) is 0 Å². The summed E-state index contributed by atoms with van der Waals surface area (Å²) < 4.78 is 41.4. The van der Waals surface area contributed by atoms with Gasteiger partial charge in [0, 0.05) is 30.6 Å². The van der Waals surface area contributed by atoms with Gasteiger partial charge in [-0.15, -0.1) is 0 Å². The lowest BCUT2D eigenvalue weighted by molar-refractivity contribution is -0.143. The molecule has 4 aromatic rings. The van der Waals surface area contributed by atoms with Crippen molar-refractivity contribution in [2.24, 2.45) is 7.05 Å². The highest BCUT2D eigenvalue weighted by Gasteiger charge is 2.35. The normalized spacial score (nSPS) is 11.7. The zero-order valence-corrected chi connectivity index (χ0v) is 14.1. The zero-order valence-electron chi connectivity index (χ0n) is 14.1. The minimum absolute atomic E-state index is 0.255. The van der Waals surface area contributed by atoms with E-state index in [0.717, 1.165) is 16.3 Å². The smallest absolute Gasteiger partial charge is 0.305 e. The van der Waals surface area contributed by atoms with Gasteiger partial charge in [-0.3, -0.25) is 4.68 Å². The van der Waals surface area contributed by atoms with Gasteiger partial charge in [0.15, 0.2) is 0 Å². The molecule has 134 valence electrons. The SMILES string of the molecule is Cn1nc(-c2ccc(-c3cn4cc(C#N)ccc4n3)cc2)cc1C(F)(F)F. The standard InChI is InChI=1S/C19H12F3N5/c1-26-17(19(20,21)22)8-15(25-26)13-3-5-14(6-4-13)16-11-27-10-12(9-23)2-7-18(27)24-16/h2-8,10-11H,1H3. The van der Waals surface area contributed by atoms with Crippen molar-refractivity contribution in [3.05, 3.63) is 66.1 Å². The maximum absolute atomic E-state index is 12.9. The number of benzene rings is 1. The number of aryl methyl sites for hydroxylation is 1. The molecule has 0 aliphatic carbocycles. The van der Waals surface area contributed by atoms with Crippen molar-refractivity contribution >= 4 is 5.65 Å². The number of fused-ring (bicyclic) bond motifs is 1. The number of nitrogens with zero attached hydrogens (tertiary/aromatic N) is 5. The Kier molecular flexibility index (Phi) is 3.73. The summed E-state index contributed by atoms with van der Waals surface area (Å²) in [6.45, 7) is 0. The molecule has 0 saturated carbocycles. The monoisotopic (exact) mass is 367 g/mol. The number of hydrogen-bond acceptors (Lipinski definition) is 3. The second-order valence-electron chi connectivity index (χ2n) is 6.03. The van der Waals surface area contributed by atoms with Crippen molar-refractivity contribution in [3.8, 4) is 28.6 Å². The molecule has 0 radical (unpaired) electrons. The fraction of sp³-hybridized carbons (Fsp3) is 0.105. The van der Waals surface area contributed by atoms with E-state index in [1.165, 1.54) is 7.05 Å². The molecule has 0 bridgehead atoms. The molecule has 0 unspecified atom stereocenters. The molecule has 3 aromatic heterocycles. The van der Waals surface area contributed by atoms with Crippen LogP contribution in [0.5, 0.6) is 0 Å². The van der Waals surface area contributed by atoms with Crippen molar-refractivity contribution in [2.45, 2.75) is 6.18 Å². The summed E-state index contributed by atoms with van der Waals surface area (Å²) in [4.78, 5) is 4.50. The average Bonchev–Trinajstić information content (AvgIpc) is 3.24. The summed E-state index contributed by atoms with van der Waals surface area (Å²) in [5.74, 6) is 0. The Morgan fingerprint density at radius 1 is 0.963 bits per heavy atom. The number of aromatic nitrogens is 4. The Bertz CT molecular complexity index is 1180. The van der Waals surface area contributed by atoms with E-state index in [9.17, 15) is 13.2 Å². The van der Waals surface area contributed by atoms with Gasteiger partial charge in [0.05, 0.1) is 17.0 Å². The first-order chi connectivity index (χ1) is 12.8. The van der Waals surface area contributed by atoms with Crippen LogP contribution in [0.25, 0.3) is 28.2 Å². The number of rotatable bonds is 2. The molecule has 4 rings (SSSR count). The van der Waals surface area contributed by atoms with Crippen LogP contribution in [0, 0.1) is 11.3 Å². The third-order valence-electron chi connectivity index (χ3n) is 4.23. The molecule has 3 heterocycles. The molecule has 27 heavy (non-hydrogen) atoms. The van der Waals surface area contributed by atoms with Crippen LogP contribution in [0.4, 0.5) is 13.2 Å². The number of hydrogen-bond donors (Lipinski definition) is 0. The van der Waals surface area contributed by atoms with Crippen LogP contribution in [0.1, 0.15) is 11.3 Å². The number of alkyl halides is 3. The van der Waals surface area contributed by atoms with Crippen LogP contribution in [-0.4, -0.2) is 19.2 Å². The van der Waals surface area contributed by atoms with Gasteiger partial charge in [0.1, 0.15) is 17.4 Å². The predicted octanol–water partition coefficient (Wildman–Crippen LogP) is 4.29. The van der Waals surface area contributed by atoms with E-state index in [2.05, 4.69) is 16.2 Å². The minimum atomic E-state index is -4.45. The maximum atomic E-state index is 12.9. The second-order valence-corrected chi connectivity index (χ2v) is 6.03. The summed E-state index contributed by atoms with van der Waals surface area (Å²) in [5, 5.41) is 12.9. The van der Waals surface area contributed by atoms with Crippen molar-refractivity contribution in [1.29, 1.82) is 5.26 Å². The molecule has 0 aliphatic heterocycles.